The molecule has 10 heteroatoms. The van der Waals surface area contributed by atoms with Gasteiger partial charge in [-0.3, -0.25) is 14.6 Å². The number of anilines is 1. The van der Waals surface area contributed by atoms with Gasteiger partial charge < -0.3 is 10.6 Å². The monoisotopic (exact) mass is 463 g/mol. The molecule has 168 valence electrons. The van der Waals surface area contributed by atoms with Crippen molar-refractivity contribution in [2.24, 2.45) is 0 Å². The van der Waals surface area contributed by atoms with Crippen molar-refractivity contribution in [3.8, 4) is 6.07 Å². The molecule has 0 aliphatic rings. The highest BCUT2D eigenvalue weighted by Crippen LogP contribution is 2.15. The Morgan fingerprint density at radius 2 is 1.73 bits per heavy atom. The molecular formula is C23H21N5O4S. The zero-order chi connectivity index (χ0) is 23.7. The molecule has 0 aliphatic carbocycles. The predicted octanol–water partition coefficient (Wildman–Crippen LogP) is 2.46. The second-order valence-electron chi connectivity index (χ2n) is 6.87. The molecule has 1 aromatic heterocycles. The normalized spacial score (nSPS) is 10.8. The number of benzene rings is 2. The molecular weight excluding hydrogens is 442 g/mol. The topological polar surface area (TPSA) is 141 Å². The van der Waals surface area contributed by atoms with E-state index in [1.165, 1.54) is 24.3 Å². The molecule has 2 amide bonds. The summed E-state index contributed by atoms with van der Waals surface area (Å²) in [5.74, 6) is -0.766. The Labute approximate surface area is 191 Å². The Balaban J connectivity index is 1.62. The largest absolute Gasteiger partial charge is 0.346 e. The van der Waals surface area contributed by atoms with E-state index in [4.69, 9.17) is 5.26 Å². The van der Waals surface area contributed by atoms with Gasteiger partial charge in [-0.05, 0) is 54.6 Å². The van der Waals surface area contributed by atoms with Crippen molar-refractivity contribution in [2.75, 3.05) is 11.9 Å². The molecule has 3 N–H and O–H groups in total. The highest BCUT2D eigenvalue weighted by atomic mass is 32.2. The van der Waals surface area contributed by atoms with Crippen LogP contribution in [0.1, 0.15) is 32.8 Å². The summed E-state index contributed by atoms with van der Waals surface area (Å²) in [5.41, 5.74) is 1.76. The molecule has 0 aliphatic heterocycles. The number of aromatic nitrogens is 1. The van der Waals surface area contributed by atoms with E-state index in [1.807, 2.05) is 12.1 Å². The number of pyridine rings is 1. The molecule has 3 rings (SSSR count). The number of carbonyl (C=O) groups excluding carboxylic acids is 2. The van der Waals surface area contributed by atoms with Crippen LogP contribution in [0, 0.1) is 11.3 Å². The molecule has 33 heavy (non-hydrogen) atoms. The molecule has 0 saturated carbocycles. The minimum absolute atomic E-state index is 0.00680. The van der Waals surface area contributed by atoms with E-state index in [-0.39, 0.29) is 35.9 Å². The lowest BCUT2D eigenvalue weighted by Crippen LogP contribution is -2.24. The van der Waals surface area contributed by atoms with E-state index in [0.717, 1.165) is 5.69 Å². The van der Waals surface area contributed by atoms with Gasteiger partial charge in [0.25, 0.3) is 11.8 Å². The summed E-state index contributed by atoms with van der Waals surface area (Å²) in [6.07, 6.45) is 1.70. The summed E-state index contributed by atoms with van der Waals surface area (Å²) >= 11 is 0. The van der Waals surface area contributed by atoms with E-state index in [0.29, 0.717) is 11.3 Å². The van der Waals surface area contributed by atoms with Crippen molar-refractivity contribution < 1.29 is 18.0 Å². The summed E-state index contributed by atoms with van der Waals surface area (Å²) in [7, 11) is -3.76. The summed E-state index contributed by atoms with van der Waals surface area (Å²) in [5, 5.41) is 14.0. The van der Waals surface area contributed by atoms with Crippen LogP contribution in [-0.2, 0) is 16.6 Å². The van der Waals surface area contributed by atoms with E-state index in [9.17, 15) is 18.0 Å². The maximum atomic E-state index is 12.6. The minimum Gasteiger partial charge on any atom is -0.346 e. The van der Waals surface area contributed by atoms with Crippen molar-refractivity contribution >= 4 is 27.5 Å². The molecule has 9 nitrogen and oxygen atoms in total. The molecule has 0 atom stereocenters. The van der Waals surface area contributed by atoms with Crippen molar-refractivity contribution in [2.45, 2.75) is 17.9 Å². The molecule has 0 bridgehead atoms. The van der Waals surface area contributed by atoms with Gasteiger partial charge in [-0.2, -0.15) is 5.26 Å². The molecule has 0 saturated heterocycles. The summed E-state index contributed by atoms with van der Waals surface area (Å²) in [6, 6.07) is 19.1. The Bertz CT molecular complexity index is 1270. The molecule has 3 aromatic rings. The fraction of sp³-hybridized carbons (Fsp3) is 0.130. The minimum atomic E-state index is -3.76. The number of amides is 2. The van der Waals surface area contributed by atoms with Gasteiger partial charge in [-0.15, -0.1) is 0 Å². The second-order valence-corrected chi connectivity index (χ2v) is 8.64. The van der Waals surface area contributed by atoms with Crippen LogP contribution >= 0.6 is 0 Å². The van der Waals surface area contributed by atoms with E-state index in [1.54, 1.807) is 42.6 Å². The van der Waals surface area contributed by atoms with Gasteiger partial charge in [0.15, 0.2) is 0 Å². The van der Waals surface area contributed by atoms with Gasteiger partial charge in [0.05, 0.1) is 23.2 Å². The fourth-order valence-electron chi connectivity index (χ4n) is 2.83. The number of nitrogens with one attached hydrogen (secondary N) is 3. The summed E-state index contributed by atoms with van der Waals surface area (Å²) < 4.78 is 26.6. The first-order valence-corrected chi connectivity index (χ1v) is 11.4. The van der Waals surface area contributed by atoms with Gasteiger partial charge >= 0.3 is 0 Å². The molecule has 1 heterocycles. The van der Waals surface area contributed by atoms with Gasteiger partial charge in [0.1, 0.15) is 0 Å². The number of hydrogen-bond donors (Lipinski definition) is 3. The Hall–Kier alpha value is -4.07. The van der Waals surface area contributed by atoms with E-state index < -0.39 is 15.9 Å². The first kappa shape index (κ1) is 23.6. The third kappa shape index (κ3) is 6.70. The highest BCUT2D eigenvalue weighted by Gasteiger charge is 2.15. The average Bonchev–Trinajstić information content (AvgIpc) is 2.83. The Morgan fingerprint density at radius 1 is 0.939 bits per heavy atom. The quantitative estimate of drug-likeness (QED) is 0.416. The van der Waals surface area contributed by atoms with Crippen LogP contribution < -0.4 is 15.4 Å². The third-order valence-electron chi connectivity index (χ3n) is 4.49. The number of nitriles is 1. The second kappa shape index (κ2) is 11.0. The summed E-state index contributed by atoms with van der Waals surface area (Å²) in [6.45, 7) is 0.281. The van der Waals surface area contributed by atoms with Crippen LogP contribution in [0.2, 0.25) is 0 Å². The smallest absolute Gasteiger partial charge is 0.255 e. The van der Waals surface area contributed by atoms with Crippen molar-refractivity contribution in [3.63, 3.8) is 0 Å². The summed E-state index contributed by atoms with van der Waals surface area (Å²) in [4.78, 5) is 29.1. The van der Waals surface area contributed by atoms with Crippen LogP contribution in [0.4, 0.5) is 5.69 Å². The molecule has 2 aromatic carbocycles. The van der Waals surface area contributed by atoms with Gasteiger partial charge in [0, 0.05) is 36.0 Å². The van der Waals surface area contributed by atoms with Crippen molar-refractivity contribution in [1.82, 2.24) is 15.0 Å². The lowest BCUT2D eigenvalue weighted by molar-refractivity contribution is 0.0949. The number of sulfonamides is 1. The van der Waals surface area contributed by atoms with Crippen molar-refractivity contribution in [3.05, 3.63) is 89.7 Å². The van der Waals surface area contributed by atoms with Crippen LogP contribution in [-0.4, -0.2) is 31.8 Å². The van der Waals surface area contributed by atoms with Crippen LogP contribution in [0.5, 0.6) is 0 Å². The van der Waals surface area contributed by atoms with Crippen molar-refractivity contribution in [1.29, 1.82) is 5.26 Å². The Morgan fingerprint density at radius 3 is 2.42 bits per heavy atom. The van der Waals surface area contributed by atoms with Gasteiger partial charge in [-0.25, -0.2) is 13.1 Å². The Kier molecular flexibility index (Phi) is 7.86. The van der Waals surface area contributed by atoms with Gasteiger partial charge in [-0.1, -0.05) is 12.1 Å². The molecule has 0 fully saturated rings. The third-order valence-corrected chi connectivity index (χ3v) is 5.97. The van der Waals surface area contributed by atoms with Gasteiger partial charge in [0.2, 0.25) is 10.0 Å². The van der Waals surface area contributed by atoms with Crippen LogP contribution in [0.3, 0.4) is 0 Å². The van der Waals surface area contributed by atoms with Crippen LogP contribution in [0.15, 0.2) is 77.8 Å². The SMILES string of the molecule is N#CCCNS(=O)(=O)c1ccc(C(=O)Nc2cccc(C(=O)NCc3ccccn3)c2)cc1. The molecule has 0 spiro atoms. The zero-order valence-corrected chi connectivity index (χ0v) is 18.3. The molecule has 0 unspecified atom stereocenters. The number of rotatable bonds is 9. The predicted molar refractivity (Wildman–Crippen MR) is 122 cm³/mol. The first-order chi connectivity index (χ1) is 15.9. The number of hydrogen-bond acceptors (Lipinski definition) is 6. The maximum Gasteiger partial charge on any atom is 0.255 e. The highest BCUT2D eigenvalue weighted by molar-refractivity contribution is 7.89. The lowest BCUT2D eigenvalue weighted by atomic mass is 10.1. The number of nitrogens with zero attached hydrogens (tertiary/aromatic N) is 2. The number of carbonyl (C=O) groups is 2. The standard InChI is InChI=1S/C23H21N5O4S/c24-12-4-14-27-33(31,32)21-10-8-17(9-11-21)23(30)28-19-7-3-5-18(15-19)22(29)26-16-20-6-1-2-13-25-20/h1-3,5-11,13,15,27H,4,14,16H2,(H,26,29)(H,28,30). The molecule has 0 radical (unpaired) electrons. The lowest BCUT2D eigenvalue weighted by Gasteiger charge is -2.09. The fourth-order valence-corrected chi connectivity index (χ4v) is 3.86. The van der Waals surface area contributed by atoms with Crippen LogP contribution in [0.25, 0.3) is 0 Å². The van der Waals surface area contributed by atoms with E-state index >= 15 is 0 Å². The zero-order valence-electron chi connectivity index (χ0n) is 17.5. The maximum absolute atomic E-state index is 12.6. The average molecular weight is 464 g/mol. The first-order valence-electron chi connectivity index (χ1n) is 9.95. The van der Waals surface area contributed by atoms with E-state index in [2.05, 4.69) is 20.3 Å².